The van der Waals surface area contributed by atoms with Crippen molar-refractivity contribution in [3.05, 3.63) is 64.7 Å². The van der Waals surface area contributed by atoms with Crippen LogP contribution in [-0.4, -0.2) is 23.0 Å². The Morgan fingerprint density at radius 3 is 2.59 bits per heavy atom. The minimum atomic E-state index is -0.514. The molecule has 29 heavy (non-hydrogen) atoms. The summed E-state index contributed by atoms with van der Waals surface area (Å²) in [5.74, 6) is -0.343. The number of para-hydroxylation sites is 1. The molecule has 150 valence electrons. The maximum absolute atomic E-state index is 13.2. The van der Waals surface area contributed by atoms with Crippen LogP contribution in [-0.2, 0) is 9.59 Å². The lowest BCUT2D eigenvalue weighted by Gasteiger charge is -2.30. The van der Waals surface area contributed by atoms with Crippen molar-refractivity contribution >= 4 is 40.9 Å². The first-order valence-electron chi connectivity index (χ1n) is 9.56. The molecule has 0 saturated carbocycles. The summed E-state index contributed by atoms with van der Waals surface area (Å²) >= 11 is 5.29. The smallest absolute Gasteiger partial charge is 0.270 e. The van der Waals surface area contributed by atoms with Crippen LogP contribution in [0, 0.1) is 13.8 Å². The number of carbonyl (C=O) groups is 2. The number of hydrogen-bond acceptors (Lipinski definition) is 4. The molecule has 1 fully saturated rings. The molecule has 1 saturated heterocycles. The van der Waals surface area contributed by atoms with Crippen molar-refractivity contribution in [2.75, 3.05) is 4.90 Å². The van der Waals surface area contributed by atoms with Gasteiger partial charge in [-0.2, -0.15) is 0 Å². The highest BCUT2D eigenvalue weighted by Gasteiger charge is 2.35. The van der Waals surface area contributed by atoms with Crippen LogP contribution in [0.15, 0.2) is 48.0 Å². The summed E-state index contributed by atoms with van der Waals surface area (Å²) in [6.07, 6.45) is 2.43. The van der Waals surface area contributed by atoms with Crippen LogP contribution in [0.5, 0.6) is 5.75 Å². The summed E-state index contributed by atoms with van der Waals surface area (Å²) in [4.78, 5) is 27.2. The largest absolute Gasteiger partial charge is 0.490 e. The quantitative estimate of drug-likeness (QED) is 0.455. The Balaban J connectivity index is 2.03. The van der Waals surface area contributed by atoms with Gasteiger partial charge in [0.05, 0.1) is 11.8 Å². The molecule has 1 heterocycles. The zero-order valence-electron chi connectivity index (χ0n) is 17.0. The number of rotatable bonds is 5. The molecule has 6 heteroatoms. The summed E-state index contributed by atoms with van der Waals surface area (Å²) < 4.78 is 5.94. The van der Waals surface area contributed by atoms with Gasteiger partial charge in [0.2, 0.25) is 0 Å². The number of benzene rings is 2. The number of aryl methyl sites for hydroxylation is 2. The molecular formula is C23H24N2O3S. The highest BCUT2D eigenvalue weighted by molar-refractivity contribution is 7.80. The van der Waals surface area contributed by atoms with Crippen molar-refractivity contribution < 1.29 is 14.3 Å². The number of nitrogens with zero attached hydrogens (tertiary/aromatic N) is 1. The van der Waals surface area contributed by atoms with E-state index in [1.807, 2.05) is 70.2 Å². The number of carbonyl (C=O) groups excluding carboxylic acids is 2. The van der Waals surface area contributed by atoms with E-state index in [9.17, 15) is 9.59 Å². The van der Waals surface area contributed by atoms with Crippen molar-refractivity contribution in [3.8, 4) is 5.75 Å². The highest BCUT2D eigenvalue weighted by atomic mass is 32.1. The van der Waals surface area contributed by atoms with Crippen molar-refractivity contribution in [1.29, 1.82) is 0 Å². The van der Waals surface area contributed by atoms with Gasteiger partial charge in [-0.25, -0.2) is 0 Å². The molecule has 3 rings (SSSR count). The Kier molecular flexibility index (Phi) is 6.13. The number of thiocarbonyl (C=S) groups is 1. The van der Waals surface area contributed by atoms with Crippen LogP contribution in [0.3, 0.4) is 0 Å². The molecule has 0 unspecified atom stereocenters. The molecule has 0 spiro atoms. The van der Waals surface area contributed by atoms with E-state index in [1.54, 1.807) is 6.08 Å². The maximum atomic E-state index is 13.2. The first-order chi connectivity index (χ1) is 13.8. The molecule has 0 bridgehead atoms. The van der Waals surface area contributed by atoms with E-state index < -0.39 is 11.8 Å². The number of nitrogens with one attached hydrogen (secondary N) is 1. The van der Waals surface area contributed by atoms with Gasteiger partial charge in [0, 0.05) is 5.56 Å². The van der Waals surface area contributed by atoms with Crippen LogP contribution in [0.1, 0.15) is 37.0 Å². The van der Waals surface area contributed by atoms with Gasteiger partial charge in [-0.1, -0.05) is 42.8 Å². The third-order valence-corrected chi connectivity index (χ3v) is 5.10. The third kappa shape index (κ3) is 4.38. The van der Waals surface area contributed by atoms with Gasteiger partial charge >= 0.3 is 0 Å². The van der Waals surface area contributed by atoms with Gasteiger partial charge in [0.15, 0.2) is 5.11 Å². The SMILES string of the molecule is CC[C@H](C)Oc1ccccc1/C=C1\C(=O)NC(=S)N(c2ccc(C)cc2C)C1=O. The zero-order valence-corrected chi connectivity index (χ0v) is 17.8. The third-order valence-electron chi connectivity index (χ3n) is 4.82. The molecule has 2 aromatic carbocycles. The predicted octanol–water partition coefficient (Wildman–Crippen LogP) is 4.31. The second-order valence-electron chi connectivity index (χ2n) is 7.12. The lowest BCUT2D eigenvalue weighted by Crippen LogP contribution is -2.54. The maximum Gasteiger partial charge on any atom is 0.270 e. The number of ether oxygens (including phenoxy) is 1. The normalized spacial score (nSPS) is 16.8. The first-order valence-corrected chi connectivity index (χ1v) is 9.97. The first kappa shape index (κ1) is 20.7. The number of anilines is 1. The van der Waals surface area contributed by atoms with Crippen LogP contribution in [0.25, 0.3) is 6.08 Å². The monoisotopic (exact) mass is 408 g/mol. The van der Waals surface area contributed by atoms with Gasteiger partial charge in [0.1, 0.15) is 11.3 Å². The summed E-state index contributed by atoms with van der Waals surface area (Å²) in [5.41, 5.74) is 3.31. The van der Waals surface area contributed by atoms with Crippen molar-refractivity contribution in [1.82, 2.24) is 5.32 Å². The Morgan fingerprint density at radius 1 is 1.17 bits per heavy atom. The second-order valence-corrected chi connectivity index (χ2v) is 7.51. The fourth-order valence-corrected chi connectivity index (χ4v) is 3.37. The van der Waals surface area contributed by atoms with Crippen LogP contribution in [0.2, 0.25) is 0 Å². The lowest BCUT2D eigenvalue weighted by atomic mass is 10.0. The van der Waals surface area contributed by atoms with Crippen molar-refractivity contribution in [3.63, 3.8) is 0 Å². The molecular weight excluding hydrogens is 384 g/mol. The summed E-state index contributed by atoms with van der Waals surface area (Å²) in [5, 5.41) is 2.71. The average molecular weight is 409 g/mol. The average Bonchev–Trinajstić information content (AvgIpc) is 2.67. The van der Waals surface area contributed by atoms with E-state index in [1.165, 1.54) is 4.90 Å². The highest BCUT2D eigenvalue weighted by Crippen LogP contribution is 2.28. The molecule has 2 aromatic rings. The molecule has 1 atom stereocenters. The summed E-state index contributed by atoms with van der Waals surface area (Å²) in [7, 11) is 0. The molecule has 0 radical (unpaired) electrons. The fourth-order valence-electron chi connectivity index (χ4n) is 3.10. The van der Waals surface area contributed by atoms with Crippen molar-refractivity contribution in [2.24, 2.45) is 0 Å². The fraction of sp³-hybridized carbons (Fsp3) is 0.261. The topological polar surface area (TPSA) is 58.6 Å². The molecule has 5 nitrogen and oxygen atoms in total. The second kappa shape index (κ2) is 8.57. The molecule has 2 amide bonds. The van der Waals surface area contributed by atoms with E-state index in [2.05, 4.69) is 5.32 Å². The molecule has 1 aliphatic rings. The van der Waals surface area contributed by atoms with Gasteiger partial charge in [-0.05, 0) is 63.2 Å². The Hall–Kier alpha value is -2.99. The number of amides is 2. The van der Waals surface area contributed by atoms with E-state index in [-0.39, 0.29) is 16.8 Å². The van der Waals surface area contributed by atoms with E-state index in [4.69, 9.17) is 17.0 Å². The number of hydrogen-bond donors (Lipinski definition) is 1. The molecule has 0 aliphatic carbocycles. The summed E-state index contributed by atoms with van der Waals surface area (Å²) in [6.45, 7) is 7.90. The van der Waals surface area contributed by atoms with Crippen LogP contribution >= 0.6 is 12.2 Å². The van der Waals surface area contributed by atoms with Gasteiger partial charge in [0.25, 0.3) is 11.8 Å². The molecule has 1 aliphatic heterocycles. The van der Waals surface area contributed by atoms with E-state index >= 15 is 0 Å². The van der Waals surface area contributed by atoms with E-state index in [0.717, 1.165) is 17.5 Å². The Labute approximate surface area is 176 Å². The Morgan fingerprint density at radius 2 is 1.90 bits per heavy atom. The Bertz CT molecular complexity index is 1010. The van der Waals surface area contributed by atoms with Crippen molar-refractivity contribution in [2.45, 2.75) is 40.2 Å². The zero-order chi connectivity index (χ0) is 21.1. The summed E-state index contributed by atoms with van der Waals surface area (Å²) in [6, 6.07) is 13.1. The van der Waals surface area contributed by atoms with Gasteiger partial charge < -0.3 is 4.74 Å². The van der Waals surface area contributed by atoms with Crippen LogP contribution < -0.4 is 15.0 Å². The lowest BCUT2D eigenvalue weighted by molar-refractivity contribution is -0.122. The van der Waals surface area contributed by atoms with Gasteiger partial charge in [-0.15, -0.1) is 0 Å². The standard InChI is InChI=1S/C23H24N2O3S/c1-5-16(4)28-20-9-7-6-8-17(20)13-18-21(26)24-23(29)25(22(18)27)19-11-10-14(2)12-15(19)3/h6-13,16H,5H2,1-4H3,(H,24,26,29)/b18-13+/t16-/m0/s1. The molecule has 1 N–H and O–H groups in total. The minimum Gasteiger partial charge on any atom is -0.490 e. The predicted molar refractivity (Wildman–Crippen MR) is 119 cm³/mol. The molecule has 0 aromatic heterocycles. The van der Waals surface area contributed by atoms with Crippen LogP contribution in [0.4, 0.5) is 5.69 Å². The van der Waals surface area contributed by atoms with E-state index in [0.29, 0.717) is 17.0 Å². The van der Waals surface area contributed by atoms with Gasteiger partial charge in [-0.3, -0.25) is 19.8 Å². The minimum absolute atomic E-state index is 0.0128.